The first-order chi connectivity index (χ1) is 11.6. The van der Waals surface area contributed by atoms with Crippen LogP contribution < -0.4 is 5.32 Å². The van der Waals surface area contributed by atoms with Gasteiger partial charge in [-0.05, 0) is 30.5 Å². The number of carbonyl (C=O) groups is 1. The second-order valence-electron chi connectivity index (χ2n) is 5.92. The van der Waals surface area contributed by atoms with E-state index in [1.165, 1.54) is 11.1 Å². The van der Waals surface area contributed by atoms with Crippen LogP contribution in [0.1, 0.15) is 11.8 Å². The molecule has 1 saturated heterocycles. The van der Waals surface area contributed by atoms with Crippen molar-refractivity contribution in [2.75, 3.05) is 31.5 Å². The Labute approximate surface area is 151 Å². The Hall–Kier alpha value is -1.47. The Balaban J connectivity index is 1.48. The van der Waals surface area contributed by atoms with Crippen LogP contribution in [0.3, 0.4) is 0 Å². The fourth-order valence-electron chi connectivity index (χ4n) is 2.78. The van der Waals surface area contributed by atoms with Gasteiger partial charge in [-0.15, -0.1) is 11.3 Å². The molecule has 2 aromatic heterocycles. The topological polar surface area (TPSA) is 48.5 Å². The van der Waals surface area contributed by atoms with Gasteiger partial charge in [0.1, 0.15) is 5.82 Å². The molecule has 3 heterocycles. The lowest BCUT2D eigenvalue weighted by atomic mass is 10.2. The number of piperazine rings is 1. The average Bonchev–Trinajstić information content (AvgIpc) is 3.10. The highest BCUT2D eigenvalue weighted by Crippen LogP contribution is 2.15. The molecule has 1 aliphatic heterocycles. The Morgan fingerprint density at radius 1 is 1.33 bits per heavy atom. The summed E-state index contributed by atoms with van der Waals surface area (Å²) < 4.78 is 0. The first-order valence-electron chi connectivity index (χ1n) is 8.03. The van der Waals surface area contributed by atoms with Crippen LogP contribution in [0.25, 0.3) is 0 Å². The van der Waals surface area contributed by atoms with E-state index in [-0.39, 0.29) is 11.9 Å². The van der Waals surface area contributed by atoms with E-state index in [0.29, 0.717) is 10.8 Å². The molecule has 0 spiro atoms. The summed E-state index contributed by atoms with van der Waals surface area (Å²) in [5, 5.41) is 5.52. The van der Waals surface area contributed by atoms with Gasteiger partial charge in [-0.2, -0.15) is 0 Å². The van der Waals surface area contributed by atoms with Gasteiger partial charge in [-0.3, -0.25) is 14.6 Å². The molecule has 1 aliphatic rings. The third kappa shape index (κ3) is 4.54. The first kappa shape index (κ1) is 17.4. The summed E-state index contributed by atoms with van der Waals surface area (Å²) >= 11 is 7.60. The van der Waals surface area contributed by atoms with Gasteiger partial charge in [0, 0.05) is 43.8 Å². The molecule has 5 nitrogen and oxygen atoms in total. The summed E-state index contributed by atoms with van der Waals surface area (Å²) in [5.41, 5.74) is 0. The molecule has 3 rings (SSSR count). The Bertz CT molecular complexity index is 654. The third-order valence-corrected chi connectivity index (χ3v) is 5.36. The molecule has 2 aromatic rings. The van der Waals surface area contributed by atoms with Crippen LogP contribution in [0.15, 0.2) is 35.8 Å². The minimum atomic E-state index is -0.175. The number of thiophene rings is 1. The van der Waals surface area contributed by atoms with Crippen molar-refractivity contribution in [1.29, 1.82) is 0 Å². The number of hydrogen-bond donors (Lipinski definition) is 1. The molecule has 1 fully saturated rings. The van der Waals surface area contributed by atoms with Gasteiger partial charge in [0.05, 0.1) is 11.1 Å². The van der Waals surface area contributed by atoms with Gasteiger partial charge in [0.2, 0.25) is 5.91 Å². The number of pyridine rings is 1. The molecule has 0 radical (unpaired) electrons. The van der Waals surface area contributed by atoms with E-state index < -0.39 is 0 Å². The van der Waals surface area contributed by atoms with E-state index in [1.807, 2.05) is 6.92 Å². The van der Waals surface area contributed by atoms with Crippen LogP contribution in [0.2, 0.25) is 5.02 Å². The summed E-state index contributed by atoms with van der Waals surface area (Å²) in [6.45, 7) is 6.70. The monoisotopic (exact) mass is 364 g/mol. The number of aromatic nitrogens is 1. The minimum Gasteiger partial charge on any atom is -0.309 e. The molecular formula is C17H21ClN4OS. The van der Waals surface area contributed by atoms with Crippen LogP contribution in [0.5, 0.6) is 0 Å². The van der Waals surface area contributed by atoms with Crippen molar-refractivity contribution < 1.29 is 4.79 Å². The SMILES string of the molecule is C[C@@H](C(=O)Nc1ccc(Cl)cn1)N1CCN(Cc2cccs2)CC1. The van der Waals surface area contributed by atoms with Gasteiger partial charge in [-0.25, -0.2) is 4.98 Å². The van der Waals surface area contributed by atoms with Crippen LogP contribution in [-0.4, -0.2) is 52.9 Å². The number of hydrogen-bond acceptors (Lipinski definition) is 5. The predicted octanol–water partition coefficient (Wildman–Crippen LogP) is 2.94. The van der Waals surface area contributed by atoms with E-state index in [4.69, 9.17) is 11.6 Å². The summed E-state index contributed by atoms with van der Waals surface area (Å²) in [4.78, 5) is 22.6. The molecule has 1 atom stereocenters. The van der Waals surface area contributed by atoms with Gasteiger partial charge in [0.15, 0.2) is 0 Å². The summed E-state index contributed by atoms with van der Waals surface area (Å²) in [6, 6.07) is 7.52. The van der Waals surface area contributed by atoms with Crippen molar-refractivity contribution in [3.05, 3.63) is 45.7 Å². The maximum absolute atomic E-state index is 12.4. The van der Waals surface area contributed by atoms with Crippen molar-refractivity contribution in [3.8, 4) is 0 Å². The van der Waals surface area contributed by atoms with Gasteiger partial charge in [0.25, 0.3) is 0 Å². The minimum absolute atomic E-state index is 0.0310. The Morgan fingerprint density at radius 2 is 2.12 bits per heavy atom. The van der Waals surface area contributed by atoms with Crippen LogP contribution >= 0.6 is 22.9 Å². The smallest absolute Gasteiger partial charge is 0.242 e. The zero-order valence-electron chi connectivity index (χ0n) is 13.6. The van der Waals surface area contributed by atoms with Crippen LogP contribution in [-0.2, 0) is 11.3 Å². The quantitative estimate of drug-likeness (QED) is 0.886. The van der Waals surface area contributed by atoms with E-state index in [2.05, 4.69) is 37.6 Å². The fraction of sp³-hybridized carbons (Fsp3) is 0.412. The number of rotatable bonds is 5. The second-order valence-corrected chi connectivity index (χ2v) is 7.39. The van der Waals surface area contributed by atoms with Gasteiger partial charge < -0.3 is 5.32 Å². The molecule has 7 heteroatoms. The zero-order chi connectivity index (χ0) is 16.9. The fourth-order valence-corrected chi connectivity index (χ4v) is 3.64. The molecule has 0 aliphatic carbocycles. The first-order valence-corrected chi connectivity index (χ1v) is 9.29. The molecule has 1 N–H and O–H groups in total. The molecule has 128 valence electrons. The number of carbonyl (C=O) groups excluding carboxylic acids is 1. The molecule has 24 heavy (non-hydrogen) atoms. The highest BCUT2D eigenvalue weighted by Gasteiger charge is 2.25. The van der Waals surface area contributed by atoms with Crippen molar-refractivity contribution in [2.45, 2.75) is 19.5 Å². The summed E-state index contributed by atoms with van der Waals surface area (Å²) in [6.07, 6.45) is 1.53. The van der Waals surface area contributed by atoms with Crippen LogP contribution in [0.4, 0.5) is 5.82 Å². The van der Waals surface area contributed by atoms with Crippen molar-refractivity contribution in [2.24, 2.45) is 0 Å². The number of nitrogens with one attached hydrogen (secondary N) is 1. The largest absolute Gasteiger partial charge is 0.309 e. The number of nitrogens with zero attached hydrogens (tertiary/aromatic N) is 3. The summed E-state index contributed by atoms with van der Waals surface area (Å²) in [7, 11) is 0. The maximum atomic E-state index is 12.4. The number of halogens is 1. The Kier molecular flexibility index (Phi) is 5.84. The average molecular weight is 365 g/mol. The summed E-state index contributed by atoms with van der Waals surface area (Å²) in [5.74, 6) is 0.504. The van der Waals surface area contributed by atoms with E-state index in [0.717, 1.165) is 32.7 Å². The van der Waals surface area contributed by atoms with Gasteiger partial charge >= 0.3 is 0 Å². The molecule has 0 unspecified atom stereocenters. The maximum Gasteiger partial charge on any atom is 0.242 e. The molecule has 0 saturated carbocycles. The normalized spacial score (nSPS) is 17.6. The second kappa shape index (κ2) is 8.07. The van der Waals surface area contributed by atoms with Gasteiger partial charge in [-0.1, -0.05) is 17.7 Å². The number of amides is 1. The highest BCUT2D eigenvalue weighted by atomic mass is 35.5. The van der Waals surface area contributed by atoms with E-state index in [9.17, 15) is 4.79 Å². The van der Waals surface area contributed by atoms with E-state index >= 15 is 0 Å². The van der Waals surface area contributed by atoms with Crippen molar-refractivity contribution in [1.82, 2.24) is 14.8 Å². The lowest BCUT2D eigenvalue weighted by molar-refractivity contribution is -0.121. The van der Waals surface area contributed by atoms with E-state index in [1.54, 1.807) is 23.5 Å². The highest BCUT2D eigenvalue weighted by molar-refractivity contribution is 7.09. The lowest BCUT2D eigenvalue weighted by Gasteiger charge is -2.37. The molecular weight excluding hydrogens is 344 g/mol. The number of anilines is 1. The standard InChI is InChI=1S/C17H21ClN4OS/c1-13(17(23)20-16-5-4-14(18)11-19-16)22-8-6-21(7-9-22)12-15-3-2-10-24-15/h2-5,10-11,13H,6-9,12H2,1H3,(H,19,20,23)/t13-/m0/s1. The molecule has 1 amide bonds. The predicted molar refractivity (Wildman–Crippen MR) is 98.5 cm³/mol. The lowest BCUT2D eigenvalue weighted by Crippen LogP contribution is -2.52. The van der Waals surface area contributed by atoms with Crippen LogP contribution in [0, 0.1) is 0 Å². The van der Waals surface area contributed by atoms with Crippen molar-refractivity contribution in [3.63, 3.8) is 0 Å². The Morgan fingerprint density at radius 3 is 2.75 bits per heavy atom. The molecule has 0 bridgehead atoms. The molecule has 0 aromatic carbocycles. The zero-order valence-corrected chi connectivity index (χ0v) is 15.2. The van der Waals surface area contributed by atoms with Crippen molar-refractivity contribution >= 4 is 34.7 Å². The third-order valence-electron chi connectivity index (χ3n) is 4.27.